The third-order valence-corrected chi connectivity index (χ3v) is 20.6. The molecule has 8 rings (SSSR count). The summed E-state index contributed by atoms with van der Waals surface area (Å²) in [5.41, 5.74) is 5.43. The number of ether oxygens (including phenoxy) is 16. The van der Waals surface area contributed by atoms with Gasteiger partial charge in [0.15, 0.2) is 50.1 Å². The molecule has 0 aromatic heterocycles. The van der Waals surface area contributed by atoms with Crippen LogP contribution < -0.4 is 16.4 Å². The molecule has 1 unspecified atom stereocenters. The summed E-state index contributed by atoms with van der Waals surface area (Å²) in [6.45, 7) is -8.48. The highest BCUT2D eigenvalue weighted by Gasteiger charge is 2.63. The fourth-order valence-corrected chi connectivity index (χ4v) is 14.8. The summed E-state index contributed by atoms with van der Waals surface area (Å²) in [5.74, 6) is -8.58. The number of phosphoric acid groups is 1. The first-order valence-corrected chi connectivity index (χ1v) is 36.7. The Kier molecular flexibility index (Phi) is 34.5. The third-order valence-electron chi connectivity index (χ3n) is 19.6. The highest BCUT2D eigenvalue weighted by Crippen LogP contribution is 2.47. The maximum Gasteiger partial charge on any atom is 0.472 e. The lowest BCUT2D eigenvalue weighted by atomic mass is 9.91. The first kappa shape index (κ1) is 94.9. The molecule has 0 aromatic rings. The van der Waals surface area contributed by atoms with E-state index in [4.69, 9.17) is 90.6 Å². The van der Waals surface area contributed by atoms with Crippen molar-refractivity contribution >= 4 is 31.6 Å². The summed E-state index contributed by atoms with van der Waals surface area (Å²) in [6.07, 6.45) is -90.9. The highest BCUT2D eigenvalue weighted by atomic mass is 31.2. The van der Waals surface area contributed by atoms with Crippen molar-refractivity contribution in [3.63, 3.8) is 0 Å². The lowest BCUT2D eigenvalue weighted by molar-refractivity contribution is -0.415. The Labute approximate surface area is 638 Å². The van der Waals surface area contributed by atoms with E-state index in [9.17, 15) is 156 Å². The Morgan fingerprint density at radius 2 is 0.858 bits per heavy atom. The molecule has 113 heavy (non-hydrogen) atoms. The Morgan fingerprint density at radius 3 is 1.39 bits per heavy atom. The van der Waals surface area contributed by atoms with Gasteiger partial charge in [0.05, 0.1) is 65.6 Å². The number of aliphatic carboxylic acids is 1. The number of nitrogens with two attached hydrogens (primary N) is 1. The lowest BCUT2D eigenvalue weighted by Gasteiger charge is -2.52. The average Bonchev–Trinajstić information content (AvgIpc) is 0.754. The molecule has 0 spiro atoms. The molecule has 8 heterocycles. The number of carbonyl (C=O) groups is 4. The molecule has 30 N–H and O–H groups in total. The van der Waals surface area contributed by atoms with Gasteiger partial charge in [-0.25, -0.2) is 9.36 Å². The van der Waals surface area contributed by atoms with Crippen molar-refractivity contribution in [3.05, 3.63) is 0 Å². The fraction of sp³-hybridized carbons (Fsp3) is 0.933. The van der Waals surface area contributed by atoms with Crippen LogP contribution in [0.3, 0.4) is 0 Å². The van der Waals surface area contributed by atoms with E-state index in [1.165, 1.54) is 0 Å². The molecule has 52 nitrogen and oxygen atoms in total. The molecule has 0 radical (unpaired) electrons. The van der Waals surface area contributed by atoms with E-state index in [1.54, 1.807) is 0 Å². The number of amides is 2. The number of carboxylic acid groups (broad SMARTS) is 1. The number of esters is 1. The smallest absolute Gasteiger partial charge is 0.472 e. The van der Waals surface area contributed by atoms with Gasteiger partial charge < -0.3 is 225 Å². The minimum atomic E-state index is -5.43. The van der Waals surface area contributed by atoms with Crippen LogP contribution in [0, 0.1) is 0 Å². The molecular weight excluding hydrogens is 1580 g/mol. The Hall–Kier alpha value is -3.61. The average molecular weight is 1680 g/mol. The quantitative estimate of drug-likeness (QED) is 0.0210. The van der Waals surface area contributed by atoms with E-state index in [-0.39, 0.29) is 0 Å². The monoisotopic (exact) mass is 1680 g/mol. The van der Waals surface area contributed by atoms with E-state index in [2.05, 4.69) is 10.6 Å². The molecule has 2 amide bonds. The number of hydrogen-bond donors (Lipinski definition) is 29. The SMILES string of the molecule is CC(=O)N[C@H]1[C@H](O[C@H]2[C@@H](O)[C@@H](CO)O[C@@H](O[C@H]3[C@H](O)[C@@H](O)[C@H](O[C@H]4[C@H](O[C@H]5O[C@H]([C@H](CO)OP(=O)(O)OCCN)[C@@H](O)[C@H](O)[C@@H]5O[C@H]5O[C@H](CO)[C@@H](O)[C@H](OC(C)=O)[C@H]5NC(C)=O)[C@H](O)[C@@H](O[C@@H]5[C@@H]([C@H](O)CO)O[C@@](O)(C(=O)O)C[C@H]5O)O[C@@H]4[C@@H](O)CO)O[C@@H]3CO)[C@@H]2O)O[C@H](CO)[C@@H](O[C@@H]2O[C@H](CO)[C@H](O)[C@H](O)[C@H]2O)[C@@H]1O. The van der Waals surface area contributed by atoms with Crippen molar-refractivity contribution in [2.75, 3.05) is 66.0 Å². The summed E-state index contributed by atoms with van der Waals surface area (Å²) >= 11 is 0. The number of rotatable bonds is 34. The molecule has 8 aliphatic rings. The first-order valence-electron chi connectivity index (χ1n) is 35.2. The minimum absolute atomic E-state index is 0.422. The second-order valence-electron chi connectivity index (χ2n) is 27.5. The summed E-state index contributed by atoms with van der Waals surface area (Å²) in [4.78, 5) is 61.1. The van der Waals surface area contributed by atoms with E-state index < -0.39 is 361 Å². The molecule has 656 valence electrons. The zero-order valence-electron chi connectivity index (χ0n) is 60.0. The summed E-state index contributed by atoms with van der Waals surface area (Å²) in [6, 6.07) is -3.83. The van der Waals surface area contributed by atoms with Crippen LogP contribution in [-0.2, 0) is 109 Å². The van der Waals surface area contributed by atoms with Gasteiger partial charge in [0.1, 0.15) is 195 Å². The van der Waals surface area contributed by atoms with E-state index in [1.807, 2.05) is 0 Å². The highest BCUT2D eigenvalue weighted by molar-refractivity contribution is 7.47. The molecule has 8 aliphatic heterocycles. The van der Waals surface area contributed by atoms with E-state index in [0.29, 0.717) is 0 Å². The topological polar surface area (TPSA) is 828 Å². The molecule has 53 heteroatoms. The lowest BCUT2D eigenvalue weighted by Crippen LogP contribution is -2.71. The zero-order valence-corrected chi connectivity index (χ0v) is 60.9. The van der Waals surface area contributed by atoms with Gasteiger partial charge in [-0.1, -0.05) is 0 Å². The van der Waals surface area contributed by atoms with Crippen molar-refractivity contribution in [2.45, 2.75) is 284 Å². The van der Waals surface area contributed by atoms with Crippen LogP contribution in [-0.4, -0.2) is 480 Å². The van der Waals surface area contributed by atoms with Gasteiger partial charge in [0, 0.05) is 33.7 Å². The summed E-state index contributed by atoms with van der Waals surface area (Å²) < 4.78 is 117. The van der Waals surface area contributed by atoms with Crippen molar-refractivity contribution in [3.8, 4) is 0 Å². The number of carboxylic acids is 1. The van der Waals surface area contributed by atoms with Gasteiger partial charge >= 0.3 is 19.8 Å². The second-order valence-corrected chi connectivity index (χ2v) is 29.0. The number of hydrogen-bond acceptors (Lipinski definition) is 48. The molecule has 0 bridgehead atoms. The van der Waals surface area contributed by atoms with Crippen molar-refractivity contribution < 1.29 is 241 Å². The zero-order chi connectivity index (χ0) is 83.9. The number of nitrogens with one attached hydrogen (secondary N) is 2. The van der Waals surface area contributed by atoms with Gasteiger partial charge in [-0.05, 0) is 0 Å². The molecule has 0 aliphatic carbocycles. The maximum atomic E-state index is 13.3. The van der Waals surface area contributed by atoms with Crippen LogP contribution in [0.4, 0.5) is 0 Å². The fourth-order valence-electron chi connectivity index (χ4n) is 13.9. The van der Waals surface area contributed by atoms with E-state index in [0.717, 1.165) is 20.8 Å². The molecule has 8 saturated heterocycles. The van der Waals surface area contributed by atoms with Crippen LogP contribution in [0.15, 0.2) is 0 Å². The Morgan fingerprint density at radius 1 is 0.442 bits per heavy atom. The standard InChI is InChI=1S/C60H102N3O49P/c1-15(72)62-27-32(81)44(104-54-37(86)33(82)29(78)21(9-66)98-54)24(12-69)100-52(27)107-48-31(80)23(11-68)99-56(39(48)88)105-45-25(13-70)101-55(38(87)36(45)85)110-51-42(19(76)7-64)103-57(102-41-18(75)6-60(92,59(90)91)111-43(41)20(77)8-65)40(89)49(51)108-58-50(35(84)34(83)46(106-58)26(14-71)112-113(93,94)95-5-4-61)109-53-28(63-16(2)73)47(96-17(3)74)30(79)22(10-67)97-53/h18-58,64-71,75-89,92H,4-14,61H2,1-3H3,(H,62,72)(H,63,73)(H,90,91)(H,93,94)/t18-,19+,20-,21-,22-,23-,24-,25-,26+,27-,28-,29+,30-,31+,32-,33+,34+,35+,36-,37-,38-,39-,40+,41+,42-,43-,44-,45-,46-,47-,48+,49-,50+,51-,52+,53-,54+,55+,56+,57+,58-,60-/m1/s1. The molecule has 43 atom stereocenters. The maximum absolute atomic E-state index is 13.3. The molecule has 8 fully saturated rings. The van der Waals surface area contributed by atoms with Crippen molar-refractivity contribution in [2.24, 2.45) is 5.73 Å². The number of phosphoric ester groups is 1. The van der Waals surface area contributed by atoms with Crippen LogP contribution in [0.1, 0.15) is 27.2 Å². The van der Waals surface area contributed by atoms with Gasteiger partial charge in [-0.2, -0.15) is 0 Å². The first-order chi connectivity index (χ1) is 53.2. The minimum Gasteiger partial charge on any atom is -0.477 e. The molecule has 0 saturated carbocycles. The van der Waals surface area contributed by atoms with E-state index >= 15 is 0 Å². The number of aliphatic hydroxyl groups excluding tert-OH is 23. The van der Waals surface area contributed by atoms with Crippen LogP contribution in [0.5, 0.6) is 0 Å². The predicted molar refractivity (Wildman–Crippen MR) is 344 cm³/mol. The van der Waals surface area contributed by atoms with Crippen LogP contribution in [0.2, 0.25) is 0 Å². The summed E-state index contributed by atoms with van der Waals surface area (Å²) in [7, 11) is -5.43. The number of aliphatic hydroxyl groups is 24. The Balaban J connectivity index is 1.16. The molecular formula is C60H102N3O49P. The van der Waals surface area contributed by atoms with Gasteiger partial charge in [-0.15, -0.1) is 0 Å². The van der Waals surface area contributed by atoms with Crippen molar-refractivity contribution in [1.82, 2.24) is 10.6 Å². The summed E-state index contributed by atoms with van der Waals surface area (Å²) in [5, 5.41) is 283. The predicted octanol–water partition coefficient (Wildman–Crippen LogP) is -18.9. The van der Waals surface area contributed by atoms with Gasteiger partial charge in [-0.3, -0.25) is 23.4 Å². The molecule has 0 aromatic carbocycles. The van der Waals surface area contributed by atoms with Crippen LogP contribution in [0.25, 0.3) is 0 Å². The second kappa shape index (κ2) is 41.1. The largest absolute Gasteiger partial charge is 0.477 e. The van der Waals surface area contributed by atoms with Crippen LogP contribution >= 0.6 is 7.82 Å². The Bertz CT molecular complexity index is 3060. The van der Waals surface area contributed by atoms with Crippen molar-refractivity contribution in [1.29, 1.82) is 0 Å². The van der Waals surface area contributed by atoms with Gasteiger partial charge in [0.2, 0.25) is 11.8 Å². The van der Waals surface area contributed by atoms with Gasteiger partial charge in [0.25, 0.3) is 5.79 Å². The normalized spacial score (nSPS) is 46.0. The number of carbonyl (C=O) groups excluding carboxylic acids is 3. The third kappa shape index (κ3) is 21.6.